The third kappa shape index (κ3) is 71.4. The van der Waals surface area contributed by atoms with Crippen molar-refractivity contribution in [1.29, 1.82) is 0 Å². The number of allylic oxidation sites excluding steroid dienone is 4. The average molecular weight is 1210 g/mol. The van der Waals surface area contributed by atoms with Crippen LogP contribution < -0.4 is 5.32 Å². The summed E-state index contributed by atoms with van der Waals surface area (Å²) in [4.78, 5) is 24.6. The standard InChI is InChI=1S/C80H155NO5/c1-3-5-7-9-11-13-15-17-18-19-44-47-50-54-58-62-66-70-74-80(85)86-75-71-67-63-59-55-51-48-45-42-40-38-36-34-32-30-28-26-24-22-20-21-23-25-27-29-31-33-35-37-39-41-43-46-49-53-57-61-65-69-73-79(84)81-77(76-82)78(83)72-68-64-60-56-52-16-14-12-10-8-6-4-2/h18-21,77-78,82-83H,3-17,22-76H2,1-2H3,(H,81,84)/b19-18-,21-20-. The van der Waals surface area contributed by atoms with Crippen LogP contribution in [0.15, 0.2) is 24.3 Å². The van der Waals surface area contributed by atoms with E-state index in [-0.39, 0.29) is 18.5 Å². The number of unbranched alkanes of at least 4 members (excludes halogenated alkanes) is 60. The van der Waals surface area contributed by atoms with E-state index in [0.29, 0.717) is 25.9 Å². The van der Waals surface area contributed by atoms with E-state index in [1.807, 2.05) is 0 Å². The van der Waals surface area contributed by atoms with E-state index in [2.05, 4.69) is 43.5 Å². The van der Waals surface area contributed by atoms with Crippen molar-refractivity contribution in [2.75, 3.05) is 13.2 Å². The molecule has 6 heteroatoms. The lowest BCUT2D eigenvalue weighted by Crippen LogP contribution is -2.45. The fourth-order valence-electron chi connectivity index (χ4n) is 12.7. The minimum absolute atomic E-state index is 0.0204. The smallest absolute Gasteiger partial charge is 0.305 e. The highest BCUT2D eigenvalue weighted by atomic mass is 16.5. The topological polar surface area (TPSA) is 95.9 Å². The molecule has 2 atom stereocenters. The number of hydrogen-bond donors (Lipinski definition) is 3. The third-order valence-corrected chi connectivity index (χ3v) is 18.7. The normalized spacial score (nSPS) is 12.6. The van der Waals surface area contributed by atoms with Gasteiger partial charge in [-0.2, -0.15) is 0 Å². The summed E-state index contributed by atoms with van der Waals surface area (Å²) >= 11 is 0. The van der Waals surface area contributed by atoms with Gasteiger partial charge in [-0.3, -0.25) is 9.59 Å². The molecule has 0 fully saturated rings. The molecule has 0 rings (SSSR count). The van der Waals surface area contributed by atoms with Gasteiger partial charge in [-0.25, -0.2) is 0 Å². The molecule has 0 aliphatic heterocycles. The molecule has 0 aliphatic rings. The van der Waals surface area contributed by atoms with Crippen molar-refractivity contribution in [2.24, 2.45) is 0 Å². The van der Waals surface area contributed by atoms with Crippen LogP contribution in [0.4, 0.5) is 0 Å². The number of carbonyl (C=O) groups excluding carboxylic acids is 2. The molecule has 6 nitrogen and oxygen atoms in total. The Morgan fingerprint density at radius 2 is 0.547 bits per heavy atom. The number of hydrogen-bond acceptors (Lipinski definition) is 5. The number of aliphatic hydroxyl groups excluding tert-OH is 2. The van der Waals surface area contributed by atoms with E-state index in [0.717, 1.165) is 38.5 Å². The average Bonchev–Trinajstić information content (AvgIpc) is 3.53. The number of esters is 1. The first kappa shape index (κ1) is 84.3. The van der Waals surface area contributed by atoms with Gasteiger partial charge in [0.05, 0.1) is 25.4 Å². The lowest BCUT2D eigenvalue weighted by atomic mass is 10.0. The van der Waals surface area contributed by atoms with Crippen LogP contribution in [0.25, 0.3) is 0 Å². The Hall–Kier alpha value is -1.66. The lowest BCUT2D eigenvalue weighted by molar-refractivity contribution is -0.143. The fraction of sp³-hybridized carbons (Fsp3) is 0.925. The van der Waals surface area contributed by atoms with Crippen molar-refractivity contribution in [2.45, 2.75) is 463 Å². The zero-order chi connectivity index (χ0) is 62.0. The van der Waals surface area contributed by atoms with E-state index in [1.54, 1.807) is 0 Å². The third-order valence-electron chi connectivity index (χ3n) is 18.7. The van der Waals surface area contributed by atoms with Crippen LogP contribution in [0.2, 0.25) is 0 Å². The number of amides is 1. The molecule has 3 N–H and O–H groups in total. The highest BCUT2D eigenvalue weighted by molar-refractivity contribution is 5.76. The zero-order valence-electron chi connectivity index (χ0n) is 58.6. The van der Waals surface area contributed by atoms with Gasteiger partial charge in [-0.05, 0) is 77.0 Å². The highest BCUT2D eigenvalue weighted by Crippen LogP contribution is 2.20. The summed E-state index contributed by atoms with van der Waals surface area (Å²) < 4.78 is 5.51. The van der Waals surface area contributed by atoms with E-state index in [4.69, 9.17) is 4.74 Å². The van der Waals surface area contributed by atoms with Crippen LogP contribution in [0.1, 0.15) is 450 Å². The molecule has 0 aromatic carbocycles. The second-order valence-electron chi connectivity index (χ2n) is 27.4. The molecule has 510 valence electrons. The van der Waals surface area contributed by atoms with Gasteiger partial charge < -0.3 is 20.3 Å². The molecule has 0 saturated carbocycles. The summed E-state index contributed by atoms with van der Waals surface area (Å²) in [5.74, 6) is -0.00815. The molecule has 0 bridgehead atoms. The number of carbonyl (C=O) groups is 2. The van der Waals surface area contributed by atoms with Crippen LogP contribution >= 0.6 is 0 Å². The summed E-state index contributed by atoms with van der Waals surface area (Å²) in [6.45, 7) is 4.99. The van der Waals surface area contributed by atoms with Crippen molar-refractivity contribution in [3.63, 3.8) is 0 Å². The van der Waals surface area contributed by atoms with Crippen LogP contribution in [-0.4, -0.2) is 47.4 Å². The molecule has 0 aliphatic carbocycles. The molecule has 0 heterocycles. The van der Waals surface area contributed by atoms with Gasteiger partial charge in [-0.1, -0.05) is 385 Å². The van der Waals surface area contributed by atoms with Crippen molar-refractivity contribution in [3.8, 4) is 0 Å². The summed E-state index contributed by atoms with van der Waals surface area (Å²) in [6.07, 6.45) is 97.2. The van der Waals surface area contributed by atoms with Gasteiger partial charge in [0.25, 0.3) is 0 Å². The first-order chi connectivity index (χ1) is 42.5. The summed E-state index contributed by atoms with van der Waals surface area (Å²) in [7, 11) is 0. The molecular weight excluding hydrogens is 1050 g/mol. The lowest BCUT2D eigenvalue weighted by Gasteiger charge is -2.22. The van der Waals surface area contributed by atoms with Crippen LogP contribution in [0, 0.1) is 0 Å². The van der Waals surface area contributed by atoms with Gasteiger partial charge in [0, 0.05) is 12.8 Å². The quantitative estimate of drug-likeness (QED) is 0.0320. The Kier molecular flexibility index (Phi) is 74.3. The molecule has 2 unspecified atom stereocenters. The van der Waals surface area contributed by atoms with Gasteiger partial charge in [-0.15, -0.1) is 0 Å². The molecule has 0 saturated heterocycles. The molecule has 0 radical (unpaired) electrons. The van der Waals surface area contributed by atoms with E-state index in [9.17, 15) is 19.8 Å². The second-order valence-corrected chi connectivity index (χ2v) is 27.4. The van der Waals surface area contributed by atoms with Crippen molar-refractivity contribution >= 4 is 11.9 Å². The maximum atomic E-state index is 12.5. The van der Waals surface area contributed by atoms with Crippen molar-refractivity contribution < 1.29 is 24.5 Å². The molecule has 0 aromatic heterocycles. The van der Waals surface area contributed by atoms with Gasteiger partial charge >= 0.3 is 5.97 Å². The molecule has 0 spiro atoms. The van der Waals surface area contributed by atoms with Gasteiger partial charge in [0.2, 0.25) is 5.91 Å². The number of ether oxygens (including phenoxy) is 1. The second kappa shape index (κ2) is 75.8. The zero-order valence-corrected chi connectivity index (χ0v) is 58.6. The van der Waals surface area contributed by atoms with Crippen molar-refractivity contribution in [3.05, 3.63) is 24.3 Å². The van der Waals surface area contributed by atoms with Crippen LogP contribution in [0.3, 0.4) is 0 Å². The van der Waals surface area contributed by atoms with Gasteiger partial charge in [0.1, 0.15) is 0 Å². The largest absolute Gasteiger partial charge is 0.466 e. The Bertz CT molecular complexity index is 1350. The predicted octanol–water partition coefficient (Wildman–Crippen LogP) is 26.0. The maximum Gasteiger partial charge on any atom is 0.305 e. The van der Waals surface area contributed by atoms with E-state index in [1.165, 1.54) is 379 Å². The number of aliphatic hydroxyl groups is 2. The Morgan fingerprint density at radius 3 is 0.826 bits per heavy atom. The van der Waals surface area contributed by atoms with E-state index < -0.39 is 12.1 Å². The van der Waals surface area contributed by atoms with Crippen LogP contribution in [-0.2, 0) is 14.3 Å². The molecular formula is C80H155NO5. The maximum absolute atomic E-state index is 12.5. The number of nitrogens with one attached hydrogen (secondary N) is 1. The van der Waals surface area contributed by atoms with Gasteiger partial charge in [0.15, 0.2) is 0 Å². The minimum Gasteiger partial charge on any atom is -0.466 e. The first-order valence-electron chi connectivity index (χ1n) is 39.6. The van der Waals surface area contributed by atoms with Crippen molar-refractivity contribution in [1.82, 2.24) is 5.32 Å². The fourth-order valence-corrected chi connectivity index (χ4v) is 12.7. The summed E-state index contributed by atoms with van der Waals surface area (Å²) in [5, 5.41) is 23.3. The SMILES string of the molecule is CCCCCCCCC/C=C\CCCCCCCCCC(=O)OCCCCCCCCCCCCCCCCCCCC/C=C\CCCCCCCCCCCCCCCCCCCC(=O)NC(CO)C(O)CCCCCCCCCCCCCC. The monoisotopic (exact) mass is 1210 g/mol. The Morgan fingerprint density at radius 1 is 0.314 bits per heavy atom. The minimum atomic E-state index is -0.660. The Labute approximate surface area is 539 Å². The first-order valence-corrected chi connectivity index (χ1v) is 39.6. The molecule has 86 heavy (non-hydrogen) atoms. The number of rotatable bonds is 75. The highest BCUT2D eigenvalue weighted by Gasteiger charge is 2.20. The summed E-state index contributed by atoms with van der Waals surface area (Å²) in [6, 6.07) is -0.537. The predicted molar refractivity (Wildman–Crippen MR) is 380 cm³/mol. The summed E-state index contributed by atoms with van der Waals surface area (Å²) in [5.41, 5.74) is 0. The van der Waals surface area contributed by atoms with Crippen LogP contribution in [0.5, 0.6) is 0 Å². The van der Waals surface area contributed by atoms with E-state index >= 15 is 0 Å². The molecule has 0 aromatic rings. The molecule has 1 amide bonds. The Balaban J connectivity index is 3.29.